The molecular weight excluding hydrogens is 308 g/mol. The number of methoxy groups -OCH3 is 1. The number of halogens is 2. The molecule has 126 valence electrons. The van der Waals surface area contributed by atoms with Crippen molar-refractivity contribution in [2.45, 2.75) is 19.4 Å². The smallest absolute Gasteiger partial charge is 0.130 e. The van der Waals surface area contributed by atoms with Gasteiger partial charge in [0.2, 0.25) is 0 Å². The fourth-order valence-electron chi connectivity index (χ4n) is 3.20. The molecule has 1 heterocycles. The van der Waals surface area contributed by atoms with Crippen molar-refractivity contribution in [2.75, 3.05) is 20.2 Å². The van der Waals surface area contributed by atoms with E-state index < -0.39 is 11.6 Å². The zero-order valence-electron chi connectivity index (χ0n) is 13.9. The van der Waals surface area contributed by atoms with Crippen molar-refractivity contribution in [3.63, 3.8) is 0 Å². The summed E-state index contributed by atoms with van der Waals surface area (Å²) in [4.78, 5) is 2.09. The first-order chi connectivity index (χ1) is 11.6. The Labute approximate surface area is 141 Å². The van der Waals surface area contributed by atoms with Gasteiger partial charge in [-0.05, 0) is 48.7 Å². The Morgan fingerprint density at radius 1 is 1.04 bits per heavy atom. The number of rotatable bonds is 4. The summed E-state index contributed by atoms with van der Waals surface area (Å²) in [6.45, 7) is 3.30. The number of ether oxygens (including phenoxy) is 1. The standard InChI is InChI=1S/C20H21F2NO/c1-14(20-18(21)4-3-5-19(20)22)23-12-10-16(11-13-23)15-6-8-17(24-2)9-7-15/h3-10,14H,11-13H2,1-2H3. The minimum Gasteiger partial charge on any atom is -0.497 e. The largest absolute Gasteiger partial charge is 0.497 e. The van der Waals surface area contributed by atoms with Crippen LogP contribution in [0.15, 0.2) is 48.5 Å². The molecule has 0 spiro atoms. The Morgan fingerprint density at radius 2 is 1.71 bits per heavy atom. The van der Waals surface area contributed by atoms with Gasteiger partial charge >= 0.3 is 0 Å². The van der Waals surface area contributed by atoms with Crippen LogP contribution in [-0.2, 0) is 0 Å². The molecule has 2 nitrogen and oxygen atoms in total. The van der Waals surface area contributed by atoms with Gasteiger partial charge in [0, 0.05) is 24.7 Å². The molecule has 0 saturated heterocycles. The lowest BCUT2D eigenvalue weighted by Crippen LogP contribution is -2.32. The first-order valence-electron chi connectivity index (χ1n) is 8.11. The van der Waals surface area contributed by atoms with Gasteiger partial charge in [0.25, 0.3) is 0 Å². The second-order valence-electron chi connectivity index (χ2n) is 6.01. The van der Waals surface area contributed by atoms with Crippen molar-refractivity contribution >= 4 is 5.57 Å². The number of hydrogen-bond donors (Lipinski definition) is 0. The van der Waals surface area contributed by atoms with Crippen molar-refractivity contribution in [1.29, 1.82) is 0 Å². The zero-order chi connectivity index (χ0) is 17.1. The molecule has 1 aliphatic rings. The molecule has 4 heteroatoms. The quantitative estimate of drug-likeness (QED) is 0.797. The van der Waals surface area contributed by atoms with Crippen LogP contribution in [0.4, 0.5) is 8.78 Å². The van der Waals surface area contributed by atoms with E-state index in [1.54, 1.807) is 7.11 Å². The van der Waals surface area contributed by atoms with Crippen LogP contribution in [0.2, 0.25) is 0 Å². The summed E-state index contributed by atoms with van der Waals surface area (Å²) < 4.78 is 33.1. The second-order valence-corrected chi connectivity index (χ2v) is 6.01. The van der Waals surface area contributed by atoms with E-state index in [9.17, 15) is 8.78 Å². The van der Waals surface area contributed by atoms with Gasteiger partial charge in [0.05, 0.1) is 7.11 Å². The van der Waals surface area contributed by atoms with Crippen LogP contribution >= 0.6 is 0 Å². The van der Waals surface area contributed by atoms with Gasteiger partial charge in [-0.1, -0.05) is 24.3 Å². The van der Waals surface area contributed by atoms with Gasteiger partial charge in [-0.3, -0.25) is 4.90 Å². The topological polar surface area (TPSA) is 12.5 Å². The van der Waals surface area contributed by atoms with Gasteiger partial charge in [-0.15, -0.1) is 0 Å². The van der Waals surface area contributed by atoms with E-state index in [0.29, 0.717) is 6.54 Å². The molecule has 2 aromatic rings. The van der Waals surface area contributed by atoms with Gasteiger partial charge in [0.1, 0.15) is 17.4 Å². The minimum atomic E-state index is -0.479. The summed E-state index contributed by atoms with van der Waals surface area (Å²) >= 11 is 0. The molecule has 24 heavy (non-hydrogen) atoms. The highest BCUT2D eigenvalue weighted by Gasteiger charge is 2.24. The highest BCUT2D eigenvalue weighted by Crippen LogP contribution is 2.30. The molecule has 0 N–H and O–H groups in total. The van der Waals surface area contributed by atoms with Crippen LogP contribution < -0.4 is 4.74 Å². The van der Waals surface area contributed by atoms with Gasteiger partial charge < -0.3 is 4.74 Å². The summed E-state index contributed by atoms with van der Waals surface area (Å²) in [6.07, 6.45) is 2.99. The van der Waals surface area contributed by atoms with Crippen LogP contribution in [0.25, 0.3) is 5.57 Å². The lowest BCUT2D eigenvalue weighted by Gasteiger charge is -2.32. The van der Waals surface area contributed by atoms with Crippen LogP contribution in [-0.4, -0.2) is 25.1 Å². The zero-order valence-corrected chi connectivity index (χ0v) is 13.9. The molecule has 1 unspecified atom stereocenters. The fourth-order valence-corrected chi connectivity index (χ4v) is 3.20. The molecule has 1 aliphatic heterocycles. The molecule has 3 rings (SSSR count). The molecule has 2 aromatic carbocycles. The lowest BCUT2D eigenvalue weighted by atomic mass is 9.97. The Hall–Kier alpha value is -2.20. The van der Waals surface area contributed by atoms with E-state index >= 15 is 0 Å². The van der Waals surface area contributed by atoms with E-state index in [0.717, 1.165) is 18.7 Å². The molecule has 0 aliphatic carbocycles. The Morgan fingerprint density at radius 3 is 2.25 bits per heavy atom. The van der Waals surface area contributed by atoms with Crippen molar-refractivity contribution in [2.24, 2.45) is 0 Å². The third kappa shape index (κ3) is 3.34. The molecular formula is C20H21F2NO. The van der Waals surface area contributed by atoms with Crippen LogP contribution in [0.5, 0.6) is 5.75 Å². The van der Waals surface area contributed by atoms with E-state index in [2.05, 4.69) is 11.0 Å². The fraction of sp³-hybridized carbons (Fsp3) is 0.300. The third-order valence-electron chi connectivity index (χ3n) is 4.67. The van der Waals surface area contributed by atoms with Gasteiger partial charge in [-0.25, -0.2) is 8.78 Å². The van der Waals surface area contributed by atoms with E-state index in [1.807, 2.05) is 31.2 Å². The number of hydrogen-bond acceptors (Lipinski definition) is 2. The predicted octanol–water partition coefficient (Wildman–Crippen LogP) is 4.82. The lowest BCUT2D eigenvalue weighted by molar-refractivity contribution is 0.224. The highest BCUT2D eigenvalue weighted by molar-refractivity contribution is 5.67. The maximum absolute atomic E-state index is 14.0. The van der Waals surface area contributed by atoms with Crippen molar-refractivity contribution in [3.05, 3.63) is 71.3 Å². The van der Waals surface area contributed by atoms with E-state index in [1.165, 1.54) is 29.3 Å². The molecule has 1 atom stereocenters. The summed E-state index contributed by atoms with van der Waals surface area (Å²) in [6, 6.07) is 11.7. The maximum atomic E-state index is 14.0. The van der Waals surface area contributed by atoms with Gasteiger partial charge in [0.15, 0.2) is 0 Å². The Balaban J connectivity index is 1.74. The first kappa shape index (κ1) is 16.7. The predicted molar refractivity (Wildman–Crippen MR) is 91.9 cm³/mol. The average Bonchev–Trinajstić information content (AvgIpc) is 2.62. The molecule has 0 radical (unpaired) electrons. The summed E-state index contributed by atoms with van der Waals surface area (Å²) in [5, 5.41) is 0. The van der Waals surface area contributed by atoms with Crippen LogP contribution in [0.1, 0.15) is 30.5 Å². The molecule has 0 fully saturated rings. The van der Waals surface area contributed by atoms with Crippen LogP contribution in [0, 0.1) is 11.6 Å². The summed E-state index contributed by atoms with van der Waals surface area (Å²) in [5.41, 5.74) is 2.58. The maximum Gasteiger partial charge on any atom is 0.130 e. The van der Waals surface area contributed by atoms with Crippen molar-refractivity contribution in [1.82, 2.24) is 4.90 Å². The SMILES string of the molecule is COc1ccc(C2=CCN(C(C)c3c(F)cccc3F)CC2)cc1. The molecule has 0 saturated carbocycles. The summed E-state index contributed by atoms with van der Waals surface area (Å²) in [5.74, 6) is -0.125. The monoisotopic (exact) mass is 329 g/mol. The second kappa shape index (κ2) is 7.14. The molecule has 0 amide bonds. The van der Waals surface area contributed by atoms with Crippen molar-refractivity contribution in [3.8, 4) is 5.75 Å². The summed E-state index contributed by atoms with van der Waals surface area (Å²) in [7, 11) is 1.65. The van der Waals surface area contributed by atoms with E-state index in [4.69, 9.17) is 4.74 Å². The average molecular weight is 329 g/mol. The molecule has 0 bridgehead atoms. The number of benzene rings is 2. The minimum absolute atomic E-state index is 0.152. The van der Waals surface area contributed by atoms with E-state index in [-0.39, 0.29) is 11.6 Å². The normalized spacial score (nSPS) is 16.6. The third-order valence-corrected chi connectivity index (χ3v) is 4.67. The molecule has 0 aromatic heterocycles. The number of nitrogens with zero attached hydrogens (tertiary/aromatic N) is 1. The Bertz CT molecular complexity index is 720. The van der Waals surface area contributed by atoms with Crippen molar-refractivity contribution < 1.29 is 13.5 Å². The Kier molecular flexibility index (Phi) is 4.95. The van der Waals surface area contributed by atoms with Crippen LogP contribution in [0.3, 0.4) is 0 Å². The highest BCUT2D eigenvalue weighted by atomic mass is 19.1. The van der Waals surface area contributed by atoms with Gasteiger partial charge in [-0.2, -0.15) is 0 Å². The first-order valence-corrected chi connectivity index (χ1v) is 8.11.